The number of ether oxygens (including phenoxy) is 1. The third-order valence-electron chi connectivity index (χ3n) is 4.32. The van der Waals surface area contributed by atoms with Crippen LogP contribution in [0.15, 0.2) is 60.9 Å². The number of aryl methyl sites for hydroxylation is 2. The Morgan fingerprint density at radius 1 is 1.23 bits per heavy atom. The Labute approximate surface area is 153 Å². The lowest BCUT2D eigenvalue weighted by atomic mass is 10.0. The first-order valence-electron chi connectivity index (χ1n) is 8.53. The molecule has 0 radical (unpaired) electrons. The molecule has 134 valence electrons. The fraction of sp³-hybridized carbons (Fsp3) is 0.238. The summed E-state index contributed by atoms with van der Waals surface area (Å²) in [6, 6.07) is 15.4. The van der Waals surface area contributed by atoms with Gasteiger partial charge in [-0.2, -0.15) is 0 Å². The van der Waals surface area contributed by atoms with Gasteiger partial charge in [0.05, 0.1) is 13.5 Å². The van der Waals surface area contributed by atoms with E-state index in [0.29, 0.717) is 6.42 Å². The number of nitrogens with one attached hydrogen (secondary N) is 1. The lowest BCUT2D eigenvalue weighted by Crippen LogP contribution is -2.32. The molecule has 1 aromatic heterocycles. The number of methoxy groups -OCH3 is 1. The van der Waals surface area contributed by atoms with Crippen molar-refractivity contribution in [2.75, 3.05) is 7.11 Å². The van der Waals surface area contributed by atoms with Crippen molar-refractivity contribution in [3.8, 4) is 5.75 Å². The van der Waals surface area contributed by atoms with Gasteiger partial charge in [0, 0.05) is 19.4 Å². The van der Waals surface area contributed by atoms with Crippen LogP contribution in [0.5, 0.6) is 5.75 Å². The molecule has 0 aliphatic carbocycles. The molecular formula is C21H23N3O2. The molecule has 0 aliphatic rings. The van der Waals surface area contributed by atoms with Gasteiger partial charge in [-0.3, -0.25) is 4.79 Å². The molecule has 0 saturated heterocycles. The molecule has 26 heavy (non-hydrogen) atoms. The zero-order chi connectivity index (χ0) is 18.5. The first kappa shape index (κ1) is 17.7. The van der Waals surface area contributed by atoms with Gasteiger partial charge in [-0.1, -0.05) is 42.0 Å². The summed E-state index contributed by atoms with van der Waals surface area (Å²) < 4.78 is 7.09. The topological polar surface area (TPSA) is 56.1 Å². The maximum atomic E-state index is 12.7. The van der Waals surface area contributed by atoms with Crippen LogP contribution in [0.25, 0.3) is 0 Å². The zero-order valence-electron chi connectivity index (χ0n) is 15.3. The SMILES string of the molecule is COc1ccc(CC(=O)NC(c2cccc(C)c2)c2nccn2C)cc1. The molecule has 5 heteroatoms. The van der Waals surface area contributed by atoms with Crippen LogP contribution in [0.3, 0.4) is 0 Å². The van der Waals surface area contributed by atoms with Crippen LogP contribution >= 0.6 is 0 Å². The second kappa shape index (κ2) is 7.87. The van der Waals surface area contributed by atoms with Gasteiger partial charge in [0.2, 0.25) is 5.91 Å². The molecule has 1 heterocycles. The summed E-state index contributed by atoms with van der Waals surface area (Å²) in [6.45, 7) is 2.04. The average Bonchev–Trinajstić information content (AvgIpc) is 3.06. The van der Waals surface area contributed by atoms with E-state index < -0.39 is 0 Å². The monoisotopic (exact) mass is 349 g/mol. The summed E-state index contributed by atoms with van der Waals surface area (Å²) in [5.41, 5.74) is 3.10. The largest absolute Gasteiger partial charge is 0.497 e. The van der Waals surface area contributed by atoms with Gasteiger partial charge < -0.3 is 14.6 Å². The highest BCUT2D eigenvalue weighted by Gasteiger charge is 2.21. The van der Waals surface area contributed by atoms with Gasteiger partial charge in [0.1, 0.15) is 17.6 Å². The minimum absolute atomic E-state index is 0.0512. The van der Waals surface area contributed by atoms with Gasteiger partial charge in [-0.25, -0.2) is 4.98 Å². The molecule has 1 atom stereocenters. The smallest absolute Gasteiger partial charge is 0.225 e. The first-order chi connectivity index (χ1) is 12.6. The van der Waals surface area contributed by atoms with Gasteiger partial charge >= 0.3 is 0 Å². The predicted octanol–water partition coefficient (Wildman–Crippen LogP) is 3.19. The number of hydrogen-bond acceptors (Lipinski definition) is 3. The minimum Gasteiger partial charge on any atom is -0.497 e. The molecule has 1 N–H and O–H groups in total. The molecule has 0 bridgehead atoms. The molecule has 3 rings (SSSR count). The Kier molecular flexibility index (Phi) is 5.37. The lowest BCUT2D eigenvalue weighted by molar-refractivity contribution is -0.121. The van der Waals surface area contributed by atoms with E-state index in [9.17, 15) is 4.79 Å². The Hall–Kier alpha value is -3.08. The van der Waals surface area contributed by atoms with Crippen molar-refractivity contribution in [1.29, 1.82) is 0 Å². The summed E-state index contributed by atoms with van der Waals surface area (Å²) in [5, 5.41) is 3.13. The molecule has 1 amide bonds. The third kappa shape index (κ3) is 4.11. The number of nitrogens with zero attached hydrogens (tertiary/aromatic N) is 2. The van der Waals surface area contributed by atoms with Crippen molar-refractivity contribution in [3.05, 3.63) is 83.4 Å². The summed E-state index contributed by atoms with van der Waals surface area (Å²) in [5.74, 6) is 1.53. The number of rotatable bonds is 6. The molecule has 0 saturated carbocycles. The van der Waals surface area contributed by atoms with Crippen LogP contribution in [0.1, 0.15) is 28.6 Å². The van der Waals surface area contributed by atoms with E-state index in [4.69, 9.17) is 4.74 Å². The highest BCUT2D eigenvalue weighted by molar-refractivity contribution is 5.79. The Bertz CT molecular complexity index is 884. The normalized spacial score (nSPS) is 11.8. The van der Waals surface area contributed by atoms with Gasteiger partial charge in [-0.15, -0.1) is 0 Å². The molecule has 0 fully saturated rings. The standard InChI is InChI=1S/C21H23N3O2/c1-15-5-4-6-17(13-15)20(21-22-11-12-24(21)2)23-19(25)14-16-7-9-18(26-3)10-8-16/h4-13,20H,14H2,1-3H3,(H,23,25). The van der Waals surface area contributed by atoms with Gasteiger partial charge in [0.15, 0.2) is 0 Å². The fourth-order valence-electron chi connectivity index (χ4n) is 2.94. The van der Waals surface area contributed by atoms with Crippen molar-refractivity contribution in [1.82, 2.24) is 14.9 Å². The van der Waals surface area contributed by atoms with E-state index in [1.54, 1.807) is 13.3 Å². The van der Waals surface area contributed by atoms with E-state index in [2.05, 4.69) is 16.4 Å². The number of amides is 1. The van der Waals surface area contributed by atoms with E-state index in [0.717, 1.165) is 28.3 Å². The number of benzene rings is 2. The Morgan fingerprint density at radius 2 is 2.00 bits per heavy atom. The molecular weight excluding hydrogens is 326 g/mol. The fourth-order valence-corrected chi connectivity index (χ4v) is 2.94. The highest BCUT2D eigenvalue weighted by Crippen LogP contribution is 2.22. The Balaban J connectivity index is 1.81. The van der Waals surface area contributed by atoms with Crippen LogP contribution in [-0.4, -0.2) is 22.6 Å². The third-order valence-corrected chi connectivity index (χ3v) is 4.32. The van der Waals surface area contributed by atoms with E-state index in [1.165, 1.54) is 0 Å². The maximum absolute atomic E-state index is 12.7. The molecule has 2 aromatic carbocycles. The van der Waals surface area contributed by atoms with E-state index in [1.807, 2.05) is 67.2 Å². The van der Waals surface area contributed by atoms with Crippen LogP contribution in [0, 0.1) is 6.92 Å². The molecule has 5 nitrogen and oxygen atoms in total. The van der Waals surface area contributed by atoms with Crippen molar-refractivity contribution in [2.24, 2.45) is 7.05 Å². The number of aromatic nitrogens is 2. The van der Waals surface area contributed by atoms with E-state index in [-0.39, 0.29) is 11.9 Å². The van der Waals surface area contributed by atoms with Crippen molar-refractivity contribution in [2.45, 2.75) is 19.4 Å². The predicted molar refractivity (Wildman–Crippen MR) is 101 cm³/mol. The highest BCUT2D eigenvalue weighted by atomic mass is 16.5. The van der Waals surface area contributed by atoms with Crippen LogP contribution in [0.4, 0.5) is 0 Å². The van der Waals surface area contributed by atoms with E-state index >= 15 is 0 Å². The second-order valence-corrected chi connectivity index (χ2v) is 6.34. The first-order valence-corrected chi connectivity index (χ1v) is 8.53. The molecule has 3 aromatic rings. The maximum Gasteiger partial charge on any atom is 0.225 e. The number of imidazole rings is 1. The van der Waals surface area contributed by atoms with Crippen LogP contribution in [-0.2, 0) is 18.3 Å². The molecule has 1 unspecified atom stereocenters. The van der Waals surface area contributed by atoms with Gasteiger partial charge in [-0.05, 0) is 30.2 Å². The quantitative estimate of drug-likeness (QED) is 0.744. The van der Waals surface area contributed by atoms with Crippen LogP contribution < -0.4 is 10.1 Å². The summed E-state index contributed by atoms with van der Waals surface area (Å²) >= 11 is 0. The number of hydrogen-bond donors (Lipinski definition) is 1. The summed E-state index contributed by atoms with van der Waals surface area (Å²) in [7, 11) is 3.56. The molecule has 0 aliphatic heterocycles. The lowest BCUT2D eigenvalue weighted by Gasteiger charge is -2.20. The molecule has 0 spiro atoms. The second-order valence-electron chi connectivity index (χ2n) is 6.34. The number of carbonyl (C=O) groups excluding carboxylic acids is 1. The zero-order valence-corrected chi connectivity index (χ0v) is 15.3. The average molecular weight is 349 g/mol. The number of carbonyl (C=O) groups is 1. The van der Waals surface area contributed by atoms with Crippen molar-refractivity contribution < 1.29 is 9.53 Å². The van der Waals surface area contributed by atoms with Crippen molar-refractivity contribution in [3.63, 3.8) is 0 Å². The summed E-state index contributed by atoms with van der Waals surface area (Å²) in [4.78, 5) is 17.1. The summed E-state index contributed by atoms with van der Waals surface area (Å²) in [6.07, 6.45) is 3.93. The van der Waals surface area contributed by atoms with Crippen LogP contribution in [0.2, 0.25) is 0 Å². The van der Waals surface area contributed by atoms with Gasteiger partial charge in [0.25, 0.3) is 0 Å². The van der Waals surface area contributed by atoms with Crippen molar-refractivity contribution >= 4 is 5.91 Å². The Morgan fingerprint density at radius 3 is 2.62 bits per heavy atom. The minimum atomic E-state index is -0.291.